The van der Waals surface area contributed by atoms with Crippen LogP contribution in [0.5, 0.6) is 0 Å². The number of ether oxygens (including phenoxy) is 6. The van der Waals surface area contributed by atoms with Gasteiger partial charge in [0.15, 0.2) is 10.8 Å². The van der Waals surface area contributed by atoms with Gasteiger partial charge in [0.25, 0.3) is 0 Å². The minimum atomic E-state index is -1.81. The first-order valence-electron chi connectivity index (χ1n) is 19.1. The standard InChI is InChI=1S/C43H60N2O13/c1-30(2)22-45-33(46)20-21-44-34(47)25-53-26-43(27-56-35(48)40(3,4)5,28-57-38(51)41(6,7)36(49)54-23-31-16-12-10-13-17-31)29-58-39(52)42(8,9)37(50)55-24-32-18-14-11-15-19-32/h10-19,30H,20-29H2,1-9H3,(H,44,47)(H,45,46). The smallest absolute Gasteiger partial charge is 0.323 e. The van der Waals surface area contributed by atoms with Crippen molar-refractivity contribution < 1.29 is 62.0 Å². The Morgan fingerprint density at radius 2 is 0.948 bits per heavy atom. The highest BCUT2D eigenvalue weighted by molar-refractivity contribution is 5.99. The second kappa shape index (κ2) is 22.6. The molecule has 0 spiro atoms. The average molecular weight is 813 g/mol. The molecule has 58 heavy (non-hydrogen) atoms. The number of hydrogen-bond donors (Lipinski definition) is 2. The molecule has 320 valence electrons. The first kappa shape index (κ1) is 48.8. The molecule has 2 amide bonds. The van der Waals surface area contributed by atoms with E-state index in [9.17, 15) is 33.6 Å². The molecule has 2 N–H and O–H groups in total. The van der Waals surface area contributed by atoms with Crippen molar-refractivity contribution in [2.24, 2.45) is 27.6 Å². The van der Waals surface area contributed by atoms with E-state index in [0.717, 1.165) is 0 Å². The van der Waals surface area contributed by atoms with E-state index in [-0.39, 0.29) is 38.0 Å². The van der Waals surface area contributed by atoms with Gasteiger partial charge >= 0.3 is 29.8 Å². The van der Waals surface area contributed by atoms with Crippen molar-refractivity contribution in [3.8, 4) is 0 Å². The highest BCUT2D eigenvalue weighted by Gasteiger charge is 2.45. The second-order valence-electron chi connectivity index (χ2n) is 16.6. The van der Waals surface area contributed by atoms with Crippen molar-refractivity contribution >= 4 is 41.7 Å². The van der Waals surface area contributed by atoms with Crippen LogP contribution >= 0.6 is 0 Å². The molecule has 0 aliphatic carbocycles. The third-order valence-corrected chi connectivity index (χ3v) is 8.63. The van der Waals surface area contributed by atoms with Crippen LogP contribution < -0.4 is 10.6 Å². The van der Waals surface area contributed by atoms with E-state index in [1.54, 1.807) is 81.4 Å². The summed E-state index contributed by atoms with van der Waals surface area (Å²) in [5.41, 5.74) is -4.88. The molecule has 0 saturated carbocycles. The summed E-state index contributed by atoms with van der Waals surface area (Å²) in [6, 6.07) is 17.7. The number of amides is 2. The maximum atomic E-state index is 13.5. The number of esters is 5. The lowest BCUT2D eigenvalue weighted by atomic mass is 9.90. The molecule has 0 unspecified atom stereocenters. The van der Waals surface area contributed by atoms with E-state index >= 15 is 0 Å². The van der Waals surface area contributed by atoms with Gasteiger partial charge in [-0.25, -0.2) is 0 Å². The summed E-state index contributed by atoms with van der Waals surface area (Å²) in [6.07, 6.45) is 0.0319. The number of rotatable bonds is 23. The number of carbonyl (C=O) groups excluding carboxylic acids is 7. The molecule has 2 aromatic carbocycles. The Balaban J connectivity index is 2.30. The van der Waals surface area contributed by atoms with Gasteiger partial charge < -0.3 is 39.1 Å². The minimum Gasteiger partial charge on any atom is -0.464 e. The fourth-order valence-corrected chi connectivity index (χ4v) is 4.59. The van der Waals surface area contributed by atoms with Crippen LogP contribution in [0, 0.1) is 27.6 Å². The van der Waals surface area contributed by atoms with Crippen molar-refractivity contribution in [2.45, 2.75) is 81.9 Å². The predicted molar refractivity (Wildman–Crippen MR) is 211 cm³/mol. The Labute approximate surface area is 341 Å². The molecule has 0 atom stereocenters. The van der Waals surface area contributed by atoms with Crippen LogP contribution in [-0.4, -0.2) is 87.8 Å². The van der Waals surface area contributed by atoms with Crippen LogP contribution in [0.2, 0.25) is 0 Å². The largest absolute Gasteiger partial charge is 0.464 e. The number of nitrogens with one attached hydrogen (secondary N) is 2. The normalized spacial score (nSPS) is 11.9. The number of benzene rings is 2. The molecular weight excluding hydrogens is 752 g/mol. The molecule has 0 aromatic heterocycles. The first-order valence-corrected chi connectivity index (χ1v) is 19.1. The predicted octanol–water partition coefficient (Wildman–Crippen LogP) is 4.48. The lowest BCUT2D eigenvalue weighted by Gasteiger charge is -2.34. The van der Waals surface area contributed by atoms with E-state index < -0.39 is 90.4 Å². The molecule has 0 saturated heterocycles. The first-order chi connectivity index (χ1) is 27.1. The van der Waals surface area contributed by atoms with Crippen LogP contribution in [0.25, 0.3) is 0 Å². The van der Waals surface area contributed by atoms with Crippen molar-refractivity contribution in [2.75, 3.05) is 46.1 Å². The highest BCUT2D eigenvalue weighted by atomic mass is 16.6. The van der Waals surface area contributed by atoms with Crippen molar-refractivity contribution in [1.82, 2.24) is 10.6 Å². The Kier molecular flexibility index (Phi) is 19.0. The zero-order valence-electron chi connectivity index (χ0n) is 35.2. The Morgan fingerprint density at radius 3 is 1.36 bits per heavy atom. The number of hydrogen-bond acceptors (Lipinski definition) is 13. The molecule has 0 heterocycles. The molecule has 0 aliphatic heterocycles. The molecule has 0 aliphatic rings. The Morgan fingerprint density at radius 1 is 0.534 bits per heavy atom. The lowest BCUT2D eigenvalue weighted by molar-refractivity contribution is -0.183. The monoisotopic (exact) mass is 812 g/mol. The SMILES string of the molecule is CC(C)CNC(=O)CCNC(=O)COCC(COC(=O)C(C)(C)C)(COC(=O)C(C)(C)C(=O)OCc1ccccc1)COC(=O)C(C)(C)C(=O)OCc1ccccc1. The van der Waals surface area contributed by atoms with Crippen LogP contribution in [0.3, 0.4) is 0 Å². The molecule has 2 rings (SSSR count). The van der Waals surface area contributed by atoms with Crippen molar-refractivity contribution in [1.29, 1.82) is 0 Å². The zero-order chi connectivity index (χ0) is 43.6. The lowest BCUT2D eigenvalue weighted by Crippen LogP contribution is -2.48. The van der Waals surface area contributed by atoms with Crippen LogP contribution in [-0.2, 0) is 75.2 Å². The summed E-state index contributed by atoms with van der Waals surface area (Å²) in [6.45, 7) is 11.5. The number of carbonyl (C=O) groups is 7. The Hall–Kier alpha value is -5.31. The van der Waals surface area contributed by atoms with Gasteiger partial charge in [-0.15, -0.1) is 0 Å². The van der Waals surface area contributed by atoms with Crippen LogP contribution in [0.1, 0.15) is 79.9 Å². The molecule has 15 nitrogen and oxygen atoms in total. The van der Waals surface area contributed by atoms with Gasteiger partial charge in [0.2, 0.25) is 11.8 Å². The summed E-state index contributed by atoms with van der Waals surface area (Å²) < 4.78 is 33.5. The van der Waals surface area contributed by atoms with E-state index in [0.29, 0.717) is 17.7 Å². The molecule has 15 heteroatoms. The second-order valence-corrected chi connectivity index (χ2v) is 16.6. The molecule has 0 bridgehead atoms. The summed E-state index contributed by atoms with van der Waals surface area (Å²) in [4.78, 5) is 91.1. The third-order valence-electron chi connectivity index (χ3n) is 8.63. The van der Waals surface area contributed by atoms with Gasteiger partial charge in [-0.05, 0) is 65.5 Å². The van der Waals surface area contributed by atoms with Crippen molar-refractivity contribution in [3.05, 3.63) is 71.8 Å². The van der Waals surface area contributed by atoms with E-state index in [1.807, 2.05) is 13.8 Å². The zero-order valence-corrected chi connectivity index (χ0v) is 35.2. The highest BCUT2D eigenvalue weighted by Crippen LogP contribution is 2.29. The topological polar surface area (TPSA) is 199 Å². The fourth-order valence-electron chi connectivity index (χ4n) is 4.59. The quantitative estimate of drug-likeness (QED) is 0.0906. The maximum absolute atomic E-state index is 13.5. The summed E-state index contributed by atoms with van der Waals surface area (Å²) >= 11 is 0. The van der Waals surface area contributed by atoms with Gasteiger partial charge in [0.1, 0.15) is 39.6 Å². The van der Waals surface area contributed by atoms with E-state index in [2.05, 4.69) is 10.6 Å². The van der Waals surface area contributed by atoms with Gasteiger partial charge in [0, 0.05) is 19.5 Å². The van der Waals surface area contributed by atoms with E-state index in [1.165, 1.54) is 27.7 Å². The third kappa shape index (κ3) is 16.7. The van der Waals surface area contributed by atoms with Crippen molar-refractivity contribution in [3.63, 3.8) is 0 Å². The Bertz CT molecular complexity index is 1600. The van der Waals surface area contributed by atoms with Gasteiger partial charge in [-0.3, -0.25) is 33.6 Å². The average Bonchev–Trinajstić information content (AvgIpc) is 3.18. The van der Waals surface area contributed by atoms with Gasteiger partial charge in [-0.1, -0.05) is 74.5 Å². The molecule has 0 radical (unpaired) electrons. The van der Waals surface area contributed by atoms with E-state index in [4.69, 9.17) is 28.4 Å². The van der Waals surface area contributed by atoms with Crippen LogP contribution in [0.4, 0.5) is 0 Å². The summed E-state index contributed by atoms with van der Waals surface area (Å²) in [5, 5.41) is 5.35. The van der Waals surface area contributed by atoms with Gasteiger partial charge in [-0.2, -0.15) is 0 Å². The fraction of sp³-hybridized carbons (Fsp3) is 0.558. The van der Waals surface area contributed by atoms with Gasteiger partial charge in [0.05, 0.1) is 17.4 Å². The molecular formula is C43H60N2O13. The van der Waals surface area contributed by atoms with Crippen LogP contribution in [0.15, 0.2) is 60.7 Å². The maximum Gasteiger partial charge on any atom is 0.323 e. The molecule has 0 fully saturated rings. The minimum absolute atomic E-state index is 0.0284. The molecule has 2 aromatic rings. The summed E-state index contributed by atoms with van der Waals surface area (Å²) in [5.74, 6) is -5.00. The summed E-state index contributed by atoms with van der Waals surface area (Å²) in [7, 11) is 0.